The van der Waals surface area contributed by atoms with Crippen molar-refractivity contribution in [1.82, 2.24) is 0 Å². The number of carbonyl (C=O) groups excluding carboxylic acids is 1. The van der Waals surface area contributed by atoms with Gasteiger partial charge in [-0.25, -0.2) is 0 Å². The molecule has 1 aliphatic carbocycles. The van der Waals surface area contributed by atoms with Crippen molar-refractivity contribution in [1.29, 1.82) is 0 Å². The molecule has 1 aromatic carbocycles. The van der Waals surface area contributed by atoms with E-state index in [0.29, 0.717) is 0 Å². The molecule has 0 spiro atoms. The van der Waals surface area contributed by atoms with E-state index in [9.17, 15) is 4.79 Å². The van der Waals surface area contributed by atoms with Gasteiger partial charge in [0.15, 0.2) is 5.78 Å². The van der Waals surface area contributed by atoms with E-state index in [2.05, 4.69) is 26.8 Å². The van der Waals surface area contributed by atoms with Crippen molar-refractivity contribution in [3.63, 3.8) is 0 Å². The van der Waals surface area contributed by atoms with Gasteiger partial charge in [0.2, 0.25) is 0 Å². The maximum Gasteiger partial charge on any atom is 0.159 e. The lowest BCUT2D eigenvalue weighted by Gasteiger charge is -2.39. The third-order valence-electron chi connectivity index (χ3n) is 4.23. The number of carbonyl (C=O) groups is 1. The zero-order valence-electron chi connectivity index (χ0n) is 11.3. The van der Waals surface area contributed by atoms with Crippen LogP contribution in [0, 0.1) is 18.8 Å². The molecule has 0 heterocycles. The van der Waals surface area contributed by atoms with Crippen LogP contribution in [0.25, 0.3) is 0 Å². The van der Waals surface area contributed by atoms with Crippen LogP contribution in [0.15, 0.2) is 18.2 Å². The molecule has 0 saturated heterocycles. The third kappa shape index (κ3) is 2.43. The lowest BCUT2D eigenvalue weighted by Crippen LogP contribution is -2.26. The van der Waals surface area contributed by atoms with Gasteiger partial charge in [-0.1, -0.05) is 26.0 Å². The van der Waals surface area contributed by atoms with Crippen LogP contribution in [-0.4, -0.2) is 5.78 Å². The summed E-state index contributed by atoms with van der Waals surface area (Å²) < 4.78 is 0. The fourth-order valence-corrected chi connectivity index (χ4v) is 2.81. The molecule has 1 nitrogen and oxygen atoms in total. The van der Waals surface area contributed by atoms with Crippen LogP contribution in [0.2, 0.25) is 0 Å². The van der Waals surface area contributed by atoms with Crippen molar-refractivity contribution >= 4 is 5.78 Å². The van der Waals surface area contributed by atoms with Crippen molar-refractivity contribution in [2.24, 2.45) is 11.8 Å². The van der Waals surface area contributed by atoms with Gasteiger partial charge in [0.05, 0.1) is 0 Å². The lowest BCUT2D eigenvalue weighted by atomic mass is 9.66. The molecule has 92 valence electrons. The van der Waals surface area contributed by atoms with E-state index in [0.717, 1.165) is 23.3 Å². The Bertz CT molecular complexity index is 425. The Labute approximate surface area is 104 Å². The first-order chi connectivity index (χ1) is 7.99. The van der Waals surface area contributed by atoms with E-state index in [1.165, 1.54) is 24.0 Å². The molecule has 17 heavy (non-hydrogen) atoms. The molecular weight excluding hydrogens is 208 g/mol. The average Bonchev–Trinajstić information content (AvgIpc) is 2.17. The van der Waals surface area contributed by atoms with Crippen molar-refractivity contribution in [2.45, 2.75) is 46.5 Å². The molecule has 0 atom stereocenters. The summed E-state index contributed by atoms with van der Waals surface area (Å²) in [4.78, 5) is 11.3. The molecule has 0 aromatic heterocycles. The van der Waals surface area contributed by atoms with Crippen molar-refractivity contribution in [2.75, 3.05) is 0 Å². The van der Waals surface area contributed by atoms with Crippen molar-refractivity contribution < 1.29 is 4.79 Å². The second-order valence-electron chi connectivity index (χ2n) is 5.80. The molecule has 1 heteroatoms. The number of ketones is 1. The zero-order chi connectivity index (χ0) is 12.6. The smallest absolute Gasteiger partial charge is 0.159 e. The van der Waals surface area contributed by atoms with Crippen molar-refractivity contribution in [3.8, 4) is 0 Å². The largest absolute Gasteiger partial charge is 0.295 e. The lowest BCUT2D eigenvalue weighted by molar-refractivity contribution is 0.101. The molecule has 0 unspecified atom stereocenters. The number of Topliss-reactive ketones (excluding diaryl/α,β-unsaturated/α-hetero) is 1. The fourth-order valence-electron chi connectivity index (χ4n) is 2.81. The topological polar surface area (TPSA) is 17.1 Å². The van der Waals surface area contributed by atoms with E-state index in [1.54, 1.807) is 6.92 Å². The molecule has 0 amide bonds. The first kappa shape index (κ1) is 12.3. The predicted molar refractivity (Wildman–Crippen MR) is 71.5 cm³/mol. The average molecular weight is 230 g/mol. The summed E-state index contributed by atoms with van der Waals surface area (Å²) in [5.41, 5.74) is 3.57. The summed E-state index contributed by atoms with van der Waals surface area (Å²) in [5.74, 6) is 2.59. The van der Waals surface area contributed by atoms with Gasteiger partial charge >= 0.3 is 0 Å². The molecule has 1 aromatic rings. The first-order valence-corrected chi connectivity index (χ1v) is 6.60. The fraction of sp³-hybridized carbons (Fsp3) is 0.562. The highest BCUT2D eigenvalue weighted by Gasteiger charge is 2.32. The first-order valence-electron chi connectivity index (χ1n) is 6.60. The van der Waals surface area contributed by atoms with Gasteiger partial charge < -0.3 is 0 Å². The van der Waals surface area contributed by atoms with E-state index >= 15 is 0 Å². The Hall–Kier alpha value is -1.11. The number of hydrogen-bond donors (Lipinski definition) is 0. The normalized spacial score (nSPS) is 23.6. The summed E-state index contributed by atoms with van der Waals surface area (Å²) in [7, 11) is 0. The van der Waals surface area contributed by atoms with Crippen LogP contribution in [0.3, 0.4) is 0 Å². The van der Waals surface area contributed by atoms with Gasteiger partial charge in [-0.05, 0) is 61.6 Å². The molecule has 0 radical (unpaired) electrons. The van der Waals surface area contributed by atoms with Gasteiger partial charge in [0, 0.05) is 5.56 Å². The van der Waals surface area contributed by atoms with Crippen LogP contribution in [0.5, 0.6) is 0 Å². The third-order valence-corrected chi connectivity index (χ3v) is 4.23. The monoisotopic (exact) mass is 230 g/mol. The van der Waals surface area contributed by atoms with Gasteiger partial charge in [-0.2, -0.15) is 0 Å². The van der Waals surface area contributed by atoms with E-state index in [1.807, 2.05) is 12.1 Å². The van der Waals surface area contributed by atoms with Crippen LogP contribution in [0.1, 0.15) is 61.0 Å². The Kier molecular flexibility index (Phi) is 3.37. The molecular formula is C16H22O. The van der Waals surface area contributed by atoms with E-state index < -0.39 is 0 Å². The Morgan fingerprint density at radius 1 is 1.29 bits per heavy atom. The Morgan fingerprint density at radius 2 is 1.94 bits per heavy atom. The molecule has 1 fully saturated rings. The number of aryl methyl sites for hydroxylation is 1. The number of rotatable bonds is 3. The Balaban J connectivity index is 2.11. The van der Waals surface area contributed by atoms with Crippen LogP contribution in [0.4, 0.5) is 0 Å². The minimum Gasteiger partial charge on any atom is -0.295 e. The standard InChI is InChI=1S/C16H22O/c1-10(2)14-8-15(9-14)16-6-5-13(12(4)17)7-11(16)3/h5-7,10,14-15H,8-9H2,1-4H3. The molecule has 0 bridgehead atoms. The van der Waals surface area contributed by atoms with Gasteiger partial charge in [-0.15, -0.1) is 0 Å². The highest BCUT2D eigenvalue weighted by molar-refractivity contribution is 5.94. The summed E-state index contributed by atoms with van der Waals surface area (Å²) in [6.45, 7) is 8.39. The minimum atomic E-state index is 0.160. The second-order valence-corrected chi connectivity index (χ2v) is 5.80. The SMILES string of the molecule is CC(=O)c1ccc(C2CC(C(C)C)C2)c(C)c1. The van der Waals surface area contributed by atoms with E-state index in [-0.39, 0.29) is 5.78 Å². The molecule has 1 saturated carbocycles. The Morgan fingerprint density at radius 3 is 2.41 bits per heavy atom. The van der Waals surface area contributed by atoms with Crippen LogP contribution < -0.4 is 0 Å². The number of benzene rings is 1. The maximum atomic E-state index is 11.3. The van der Waals surface area contributed by atoms with Gasteiger partial charge in [0.25, 0.3) is 0 Å². The van der Waals surface area contributed by atoms with Gasteiger partial charge in [0.1, 0.15) is 0 Å². The molecule has 0 aliphatic heterocycles. The maximum absolute atomic E-state index is 11.3. The van der Waals surface area contributed by atoms with Crippen LogP contribution in [-0.2, 0) is 0 Å². The summed E-state index contributed by atoms with van der Waals surface area (Å²) in [5, 5.41) is 0. The number of hydrogen-bond acceptors (Lipinski definition) is 1. The molecule has 1 aliphatic rings. The predicted octanol–water partition coefficient (Wildman–Crippen LogP) is 4.35. The zero-order valence-corrected chi connectivity index (χ0v) is 11.3. The van der Waals surface area contributed by atoms with E-state index in [4.69, 9.17) is 0 Å². The highest BCUT2D eigenvalue weighted by Crippen LogP contribution is 2.46. The quantitative estimate of drug-likeness (QED) is 0.706. The molecule has 0 N–H and O–H groups in total. The second kappa shape index (κ2) is 4.64. The van der Waals surface area contributed by atoms with Crippen LogP contribution >= 0.6 is 0 Å². The molecule has 2 rings (SSSR count). The summed E-state index contributed by atoms with van der Waals surface area (Å²) in [6.07, 6.45) is 2.63. The summed E-state index contributed by atoms with van der Waals surface area (Å²) >= 11 is 0. The van der Waals surface area contributed by atoms with Crippen molar-refractivity contribution in [3.05, 3.63) is 34.9 Å². The minimum absolute atomic E-state index is 0.160. The van der Waals surface area contributed by atoms with Gasteiger partial charge in [-0.3, -0.25) is 4.79 Å². The summed E-state index contributed by atoms with van der Waals surface area (Å²) in [6, 6.07) is 6.18. The highest BCUT2D eigenvalue weighted by atomic mass is 16.1.